The molecule has 1 amide bonds. The summed E-state index contributed by atoms with van der Waals surface area (Å²) < 4.78 is 27.9. The van der Waals surface area contributed by atoms with E-state index in [0.29, 0.717) is 38.9 Å². The van der Waals surface area contributed by atoms with Crippen LogP contribution in [0.5, 0.6) is 0 Å². The van der Waals surface area contributed by atoms with E-state index < -0.39 is 11.6 Å². The molecule has 0 bridgehead atoms. The topological polar surface area (TPSA) is 40.6 Å². The molecule has 1 aliphatic rings. The fourth-order valence-corrected chi connectivity index (χ4v) is 2.41. The molecule has 0 spiro atoms. The smallest absolute Gasteiger partial charge is 0.219 e. The van der Waals surface area contributed by atoms with Crippen LogP contribution in [0.4, 0.5) is 14.5 Å². The van der Waals surface area contributed by atoms with Crippen LogP contribution in [-0.4, -0.2) is 43.3 Å². The molecule has 6 heteroatoms. The van der Waals surface area contributed by atoms with Gasteiger partial charge in [0.25, 0.3) is 0 Å². The molecule has 2 rings (SSSR count). The first kappa shape index (κ1) is 14.4. The third kappa shape index (κ3) is 2.95. The number of anilines is 1. The van der Waals surface area contributed by atoms with Crippen LogP contribution in [0, 0.1) is 11.6 Å². The maximum Gasteiger partial charge on any atom is 0.219 e. The average Bonchev–Trinajstić information content (AvgIpc) is 2.63. The molecule has 0 aromatic heterocycles. The van der Waals surface area contributed by atoms with Gasteiger partial charge in [0.1, 0.15) is 23.6 Å². The molecule has 1 aromatic rings. The molecule has 0 radical (unpaired) electrons. The van der Waals surface area contributed by atoms with Gasteiger partial charge in [0.15, 0.2) is 0 Å². The summed E-state index contributed by atoms with van der Waals surface area (Å²) in [5.41, 5.74) is -0.148. The Hall–Kier alpha value is -1.98. The molecule has 0 aliphatic carbocycles. The van der Waals surface area contributed by atoms with Crippen LogP contribution in [0.25, 0.3) is 0 Å². The highest BCUT2D eigenvalue weighted by atomic mass is 19.1. The minimum atomic E-state index is -0.747. The van der Waals surface area contributed by atoms with Gasteiger partial charge in [-0.3, -0.25) is 9.59 Å². The lowest BCUT2D eigenvalue weighted by Crippen LogP contribution is -2.34. The Labute approximate surface area is 116 Å². The van der Waals surface area contributed by atoms with E-state index in [9.17, 15) is 18.4 Å². The van der Waals surface area contributed by atoms with Gasteiger partial charge in [0, 0.05) is 38.7 Å². The number of amides is 1. The SMILES string of the molecule is CC(=O)N1CCCN(c2c(F)cc(C=O)cc2F)CC1. The molecule has 1 heterocycles. The summed E-state index contributed by atoms with van der Waals surface area (Å²) in [4.78, 5) is 25.2. The lowest BCUT2D eigenvalue weighted by molar-refractivity contribution is -0.128. The number of rotatable bonds is 2. The summed E-state index contributed by atoms with van der Waals surface area (Å²) in [6.45, 7) is 3.34. The second-order valence-corrected chi connectivity index (χ2v) is 4.80. The average molecular weight is 282 g/mol. The van der Waals surface area contributed by atoms with Crippen molar-refractivity contribution >= 4 is 17.9 Å². The number of benzene rings is 1. The Kier molecular flexibility index (Phi) is 4.32. The Morgan fingerprint density at radius 1 is 1.15 bits per heavy atom. The van der Waals surface area contributed by atoms with Crippen LogP contribution in [0.1, 0.15) is 23.7 Å². The van der Waals surface area contributed by atoms with Crippen molar-refractivity contribution < 1.29 is 18.4 Å². The number of aldehydes is 1. The normalized spacial score (nSPS) is 15.9. The van der Waals surface area contributed by atoms with E-state index in [1.807, 2.05) is 0 Å². The molecule has 1 saturated heterocycles. The monoisotopic (exact) mass is 282 g/mol. The first-order chi connectivity index (χ1) is 9.52. The number of carbonyl (C=O) groups is 2. The van der Waals surface area contributed by atoms with Crippen molar-refractivity contribution in [2.24, 2.45) is 0 Å². The lowest BCUT2D eigenvalue weighted by atomic mass is 10.2. The van der Waals surface area contributed by atoms with E-state index in [1.165, 1.54) is 6.92 Å². The number of hydrogen-bond acceptors (Lipinski definition) is 3. The van der Waals surface area contributed by atoms with Crippen LogP contribution >= 0.6 is 0 Å². The van der Waals surface area contributed by atoms with Gasteiger partial charge < -0.3 is 9.80 Å². The summed E-state index contributed by atoms with van der Waals surface area (Å²) in [6, 6.07) is 2.05. The van der Waals surface area contributed by atoms with E-state index in [1.54, 1.807) is 9.80 Å². The number of nitrogens with zero attached hydrogens (tertiary/aromatic N) is 2. The number of halogens is 2. The standard InChI is InChI=1S/C14H16F2N2O2/c1-10(20)17-3-2-4-18(6-5-17)14-12(15)7-11(9-19)8-13(14)16/h7-9H,2-6H2,1H3. The van der Waals surface area contributed by atoms with Crippen molar-refractivity contribution in [2.45, 2.75) is 13.3 Å². The molecule has 1 aromatic carbocycles. The van der Waals surface area contributed by atoms with Crippen molar-refractivity contribution in [2.75, 3.05) is 31.1 Å². The molecule has 0 N–H and O–H groups in total. The second-order valence-electron chi connectivity index (χ2n) is 4.80. The van der Waals surface area contributed by atoms with Crippen LogP contribution in [0.15, 0.2) is 12.1 Å². The van der Waals surface area contributed by atoms with Crippen molar-refractivity contribution in [3.8, 4) is 0 Å². The van der Waals surface area contributed by atoms with Gasteiger partial charge in [-0.1, -0.05) is 0 Å². The Morgan fingerprint density at radius 2 is 1.80 bits per heavy atom. The first-order valence-corrected chi connectivity index (χ1v) is 6.47. The maximum atomic E-state index is 13.9. The van der Waals surface area contributed by atoms with E-state index in [0.717, 1.165) is 12.1 Å². The zero-order valence-electron chi connectivity index (χ0n) is 11.2. The molecule has 1 aliphatic heterocycles. The predicted octanol–water partition coefficient (Wildman–Crippen LogP) is 1.84. The highest BCUT2D eigenvalue weighted by Gasteiger charge is 2.22. The van der Waals surface area contributed by atoms with E-state index in [2.05, 4.69) is 0 Å². The molecular weight excluding hydrogens is 266 g/mol. The van der Waals surface area contributed by atoms with Gasteiger partial charge in [-0.25, -0.2) is 8.78 Å². The van der Waals surface area contributed by atoms with Crippen molar-refractivity contribution in [1.82, 2.24) is 4.90 Å². The van der Waals surface area contributed by atoms with Crippen LogP contribution in [-0.2, 0) is 4.79 Å². The molecule has 1 fully saturated rings. The van der Waals surface area contributed by atoms with Gasteiger partial charge in [-0.05, 0) is 18.6 Å². The largest absolute Gasteiger partial charge is 0.365 e. The fourth-order valence-electron chi connectivity index (χ4n) is 2.41. The van der Waals surface area contributed by atoms with Gasteiger partial charge in [-0.15, -0.1) is 0 Å². The summed E-state index contributed by atoms with van der Waals surface area (Å²) in [5, 5.41) is 0. The van der Waals surface area contributed by atoms with E-state index >= 15 is 0 Å². The van der Waals surface area contributed by atoms with Crippen LogP contribution in [0.3, 0.4) is 0 Å². The maximum absolute atomic E-state index is 13.9. The van der Waals surface area contributed by atoms with Gasteiger partial charge in [0.2, 0.25) is 5.91 Å². The Morgan fingerprint density at radius 3 is 2.35 bits per heavy atom. The quantitative estimate of drug-likeness (QED) is 0.777. The molecule has 20 heavy (non-hydrogen) atoms. The zero-order valence-corrected chi connectivity index (χ0v) is 11.2. The summed E-state index contributed by atoms with van der Waals surface area (Å²) in [6.07, 6.45) is 1.06. The molecule has 0 unspecified atom stereocenters. The molecule has 108 valence electrons. The minimum absolute atomic E-state index is 0.0241. The van der Waals surface area contributed by atoms with Crippen LogP contribution in [0.2, 0.25) is 0 Å². The molecule has 0 atom stereocenters. The summed E-state index contributed by atoms with van der Waals surface area (Å²) in [7, 11) is 0. The Bertz CT molecular complexity index is 511. The molecule has 4 nitrogen and oxygen atoms in total. The molecular formula is C14H16F2N2O2. The Balaban J connectivity index is 2.24. The van der Waals surface area contributed by atoms with Crippen molar-refractivity contribution in [1.29, 1.82) is 0 Å². The van der Waals surface area contributed by atoms with E-state index in [4.69, 9.17) is 0 Å². The van der Waals surface area contributed by atoms with Crippen LogP contribution < -0.4 is 4.90 Å². The third-order valence-electron chi connectivity index (χ3n) is 3.43. The van der Waals surface area contributed by atoms with Crippen molar-refractivity contribution in [3.05, 3.63) is 29.3 Å². The summed E-state index contributed by atoms with van der Waals surface area (Å²) >= 11 is 0. The highest BCUT2D eigenvalue weighted by molar-refractivity contribution is 5.76. The highest BCUT2D eigenvalue weighted by Crippen LogP contribution is 2.25. The molecule has 0 saturated carbocycles. The van der Waals surface area contributed by atoms with E-state index in [-0.39, 0.29) is 17.2 Å². The lowest BCUT2D eigenvalue weighted by Gasteiger charge is -2.24. The van der Waals surface area contributed by atoms with Crippen molar-refractivity contribution in [3.63, 3.8) is 0 Å². The zero-order chi connectivity index (χ0) is 14.7. The predicted molar refractivity (Wildman–Crippen MR) is 70.8 cm³/mol. The fraction of sp³-hybridized carbons (Fsp3) is 0.429. The number of carbonyl (C=O) groups excluding carboxylic acids is 2. The first-order valence-electron chi connectivity index (χ1n) is 6.47. The second kappa shape index (κ2) is 5.98. The minimum Gasteiger partial charge on any atom is -0.365 e. The third-order valence-corrected chi connectivity index (χ3v) is 3.43. The van der Waals surface area contributed by atoms with Gasteiger partial charge in [-0.2, -0.15) is 0 Å². The summed E-state index contributed by atoms with van der Waals surface area (Å²) in [5.74, 6) is -1.53. The van der Waals surface area contributed by atoms with Gasteiger partial charge >= 0.3 is 0 Å². The number of hydrogen-bond donors (Lipinski definition) is 0. The van der Waals surface area contributed by atoms with Gasteiger partial charge in [0.05, 0.1) is 0 Å².